The lowest BCUT2D eigenvalue weighted by molar-refractivity contribution is 0.0526. The molecule has 0 aliphatic heterocycles. The average Bonchev–Trinajstić information content (AvgIpc) is 2.50. The predicted octanol–water partition coefficient (Wildman–Crippen LogP) is 3.91. The molecule has 1 N–H and O–H groups in total. The van der Waals surface area contributed by atoms with Crippen molar-refractivity contribution in [1.29, 1.82) is 0 Å². The molecule has 0 aliphatic carbocycles. The van der Waals surface area contributed by atoms with Gasteiger partial charge in [0.2, 0.25) is 0 Å². The Labute approximate surface area is 131 Å². The molecule has 0 bridgehead atoms. The maximum Gasteiger partial charge on any atom is 0.338 e. The van der Waals surface area contributed by atoms with Crippen molar-refractivity contribution in [2.45, 2.75) is 6.92 Å². The average molecular weight is 322 g/mol. The van der Waals surface area contributed by atoms with Crippen LogP contribution in [-0.4, -0.2) is 18.5 Å². The van der Waals surface area contributed by atoms with Crippen molar-refractivity contribution in [3.8, 4) is 0 Å². The number of hydrogen-bond acceptors (Lipinski definition) is 3. The molecule has 2 aromatic rings. The van der Waals surface area contributed by atoms with E-state index in [0.29, 0.717) is 16.8 Å². The molecule has 2 rings (SSSR count). The van der Waals surface area contributed by atoms with Crippen molar-refractivity contribution in [3.05, 3.63) is 64.4 Å². The van der Waals surface area contributed by atoms with Crippen LogP contribution in [-0.2, 0) is 4.74 Å². The highest BCUT2D eigenvalue weighted by molar-refractivity contribution is 6.34. The number of ether oxygens (including phenoxy) is 1. The fourth-order valence-electron chi connectivity index (χ4n) is 1.75. The predicted molar refractivity (Wildman–Crippen MR) is 81.8 cm³/mol. The maximum absolute atomic E-state index is 12.8. The molecule has 22 heavy (non-hydrogen) atoms. The van der Waals surface area contributed by atoms with Crippen LogP contribution in [0.15, 0.2) is 42.5 Å². The summed E-state index contributed by atoms with van der Waals surface area (Å²) in [5.41, 5.74) is 0.947. The van der Waals surface area contributed by atoms with Gasteiger partial charge in [-0.2, -0.15) is 0 Å². The monoisotopic (exact) mass is 321 g/mol. The van der Waals surface area contributed by atoms with Crippen LogP contribution in [0, 0.1) is 5.82 Å². The van der Waals surface area contributed by atoms with Crippen LogP contribution < -0.4 is 5.32 Å². The van der Waals surface area contributed by atoms with E-state index in [2.05, 4.69) is 5.32 Å². The molecule has 0 saturated heterocycles. The zero-order valence-corrected chi connectivity index (χ0v) is 12.5. The van der Waals surface area contributed by atoms with Gasteiger partial charge >= 0.3 is 5.97 Å². The third-order valence-electron chi connectivity index (χ3n) is 2.83. The second-order valence-electron chi connectivity index (χ2n) is 4.38. The molecular weight excluding hydrogens is 309 g/mol. The first-order valence-electron chi connectivity index (χ1n) is 6.55. The van der Waals surface area contributed by atoms with Crippen molar-refractivity contribution in [3.63, 3.8) is 0 Å². The topological polar surface area (TPSA) is 55.4 Å². The van der Waals surface area contributed by atoms with Crippen LogP contribution >= 0.6 is 11.6 Å². The number of rotatable bonds is 4. The Balaban J connectivity index is 2.14. The minimum atomic E-state index is -0.485. The Bertz CT molecular complexity index is 701. The van der Waals surface area contributed by atoms with Crippen molar-refractivity contribution in [1.82, 2.24) is 0 Å². The van der Waals surface area contributed by atoms with E-state index in [1.807, 2.05) is 0 Å². The maximum atomic E-state index is 12.8. The summed E-state index contributed by atoms with van der Waals surface area (Å²) in [5.74, 6) is -1.33. The number of anilines is 1. The molecule has 0 radical (unpaired) electrons. The summed E-state index contributed by atoms with van der Waals surface area (Å²) < 4.78 is 17.7. The molecule has 0 saturated carbocycles. The van der Waals surface area contributed by atoms with Gasteiger partial charge in [0, 0.05) is 5.56 Å². The molecule has 0 aromatic heterocycles. The van der Waals surface area contributed by atoms with Crippen LogP contribution in [0.25, 0.3) is 0 Å². The largest absolute Gasteiger partial charge is 0.462 e. The smallest absolute Gasteiger partial charge is 0.338 e. The first-order chi connectivity index (χ1) is 10.5. The Hall–Kier alpha value is -2.40. The normalized spacial score (nSPS) is 10.1. The van der Waals surface area contributed by atoms with Gasteiger partial charge in [-0.1, -0.05) is 11.6 Å². The van der Waals surface area contributed by atoms with Gasteiger partial charge in [-0.25, -0.2) is 9.18 Å². The van der Waals surface area contributed by atoms with Gasteiger partial charge in [0.1, 0.15) is 5.82 Å². The molecule has 0 spiro atoms. The number of carbonyl (C=O) groups is 2. The summed E-state index contributed by atoms with van der Waals surface area (Å²) >= 11 is 6.05. The molecular formula is C16H13ClFNO3. The lowest BCUT2D eigenvalue weighted by Crippen LogP contribution is -2.12. The van der Waals surface area contributed by atoms with E-state index in [4.69, 9.17) is 16.3 Å². The standard InChI is InChI=1S/C16H13ClFNO3/c1-2-22-16(21)11-5-8-14(13(17)9-11)19-15(20)10-3-6-12(18)7-4-10/h3-9H,2H2,1H3,(H,19,20). The third kappa shape index (κ3) is 3.83. The van der Waals surface area contributed by atoms with E-state index in [0.717, 1.165) is 0 Å². The van der Waals surface area contributed by atoms with E-state index in [1.54, 1.807) is 6.92 Å². The summed E-state index contributed by atoms with van der Waals surface area (Å²) in [7, 11) is 0. The van der Waals surface area contributed by atoms with Crippen LogP contribution in [0.3, 0.4) is 0 Å². The molecule has 0 fully saturated rings. The number of nitrogens with one attached hydrogen (secondary N) is 1. The fourth-order valence-corrected chi connectivity index (χ4v) is 1.98. The lowest BCUT2D eigenvalue weighted by Gasteiger charge is -2.09. The second-order valence-corrected chi connectivity index (χ2v) is 4.78. The Morgan fingerprint density at radius 1 is 1.14 bits per heavy atom. The van der Waals surface area contributed by atoms with Crippen LogP contribution in [0.4, 0.5) is 10.1 Å². The molecule has 0 unspecified atom stereocenters. The van der Waals surface area contributed by atoms with Crippen molar-refractivity contribution in [2.75, 3.05) is 11.9 Å². The minimum absolute atomic E-state index is 0.209. The van der Waals surface area contributed by atoms with Gasteiger partial charge < -0.3 is 10.1 Å². The molecule has 4 nitrogen and oxygen atoms in total. The highest BCUT2D eigenvalue weighted by Gasteiger charge is 2.12. The van der Waals surface area contributed by atoms with Gasteiger partial charge in [0.15, 0.2) is 0 Å². The molecule has 0 aliphatic rings. The summed E-state index contributed by atoms with van der Waals surface area (Å²) in [6, 6.07) is 9.55. The Morgan fingerprint density at radius 2 is 1.77 bits per heavy atom. The van der Waals surface area contributed by atoms with E-state index >= 15 is 0 Å². The first kappa shape index (κ1) is 16.0. The quantitative estimate of drug-likeness (QED) is 0.869. The second kappa shape index (κ2) is 7.04. The summed E-state index contributed by atoms with van der Waals surface area (Å²) in [6.07, 6.45) is 0. The van der Waals surface area contributed by atoms with E-state index < -0.39 is 17.7 Å². The van der Waals surface area contributed by atoms with Crippen molar-refractivity contribution < 1.29 is 18.7 Å². The van der Waals surface area contributed by atoms with E-state index in [9.17, 15) is 14.0 Å². The molecule has 6 heteroatoms. The number of hydrogen-bond donors (Lipinski definition) is 1. The zero-order chi connectivity index (χ0) is 16.1. The first-order valence-corrected chi connectivity index (χ1v) is 6.92. The number of benzene rings is 2. The van der Waals surface area contributed by atoms with E-state index in [-0.39, 0.29) is 11.6 Å². The number of carbonyl (C=O) groups excluding carboxylic acids is 2. The zero-order valence-electron chi connectivity index (χ0n) is 11.7. The van der Waals surface area contributed by atoms with Gasteiger partial charge in [-0.15, -0.1) is 0 Å². The third-order valence-corrected chi connectivity index (χ3v) is 3.15. The molecule has 0 atom stereocenters. The van der Waals surface area contributed by atoms with Crippen LogP contribution in [0.1, 0.15) is 27.6 Å². The Morgan fingerprint density at radius 3 is 2.36 bits per heavy atom. The highest BCUT2D eigenvalue weighted by Crippen LogP contribution is 2.24. The van der Waals surface area contributed by atoms with E-state index in [1.165, 1.54) is 42.5 Å². The molecule has 0 heterocycles. The number of amides is 1. The molecule has 2 aromatic carbocycles. The van der Waals surface area contributed by atoms with Crippen molar-refractivity contribution >= 4 is 29.2 Å². The lowest BCUT2D eigenvalue weighted by atomic mass is 10.1. The van der Waals surface area contributed by atoms with Gasteiger partial charge in [0.25, 0.3) is 5.91 Å². The van der Waals surface area contributed by atoms with Crippen LogP contribution in [0.5, 0.6) is 0 Å². The van der Waals surface area contributed by atoms with Crippen LogP contribution in [0.2, 0.25) is 5.02 Å². The summed E-state index contributed by atoms with van der Waals surface area (Å²) in [5, 5.41) is 2.81. The van der Waals surface area contributed by atoms with Gasteiger partial charge in [-0.3, -0.25) is 4.79 Å². The summed E-state index contributed by atoms with van der Waals surface area (Å²) in [6.45, 7) is 1.97. The Kier molecular flexibility index (Phi) is 5.12. The van der Waals surface area contributed by atoms with Gasteiger partial charge in [0.05, 0.1) is 22.9 Å². The summed E-state index contributed by atoms with van der Waals surface area (Å²) in [4.78, 5) is 23.6. The number of esters is 1. The number of halogens is 2. The molecule has 1 amide bonds. The SMILES string of the molecule is CCOC(=O)c1ccc(NC(=O)c2ccc(F)cc2)c(Cl)c1. The molecule has 114 valence electrons. The highest BCUT2D eigenvalue weighted by atomic mass is 35.5. The fraction of sp³-hybridized carbons (Fsp3) is 0.125. The van der Waals surface area contributed by atoms with Gasteiger partial charge in [-0.05, 0) is 49.4 Å². The minimum Gasteiger partial charge on any atom is -0.462 e. The van der Waals surface area contributed by atoms with Crippen molar-refractivity contribution in [2.24, 2.45) is 0 Å².